The fourth-order valence-electron chi connectivity index (χ4n) is 1.05. The lowest BCUT2D eigenvalue weighted by molar-refractivity contribution is 0.155. The zero-order valence-corrected chi connectivity index (χ0v) is 8.18. The highest BCUT2D eigenvalue weighted by Crippen LogP contribution is 1.99. The third kappa shape index (κ3) is 7.98. The molecule has 0 aliphatic rings. The smallest absolute Gasteiger partial charge is 0.0488 e. The number of hydrogen-bond donors (Lipinski definition) is 2. The highest BCUT2D eigenvalue weighted by molar-refractivity contribution is 4.54. The van der Waals surface area contributed by atoms with E-state index in [0.717, 1.165) is 32.5 Å². The Morgan fingerprint density at radius 1 is 1.42 bits per heavy atom. The van der Waals surface area contributed by atoms with Crippen LogP contribution in [0.25, 0.3) is 0 Å². The number of ether oxygens (including phenoxy) is 1. The van der Waals surface area contributed by atoms with Crippen molar-refractivity contribution >= 4 is 0 Å². The molecule has 0 spiro atoms. The van der Waals surface area contributed by atoms with Gasteiger partial charge in [-0.3, -0.25) is 0 Å². The molecule has 12 heavy (non-hydrogen) atoms. The minimum Gasteiger partial charge on any atom is -0.396 e. The molecule has 74 valence electrons. The van der Waals surface area contributed by atoms with Crippen LogP contribution in [-0.2, 0) is 4.74 Å². The SMILES string of the molecule is COCC(C)CCNCCCO. The van der Waals surface area contributed by atoms with Gasteiger partial charge in [0.05, 0.1) is 0 Å². The van der Waals surface area contributed by atoms with Gasteiger partial charge in [-0.2, -0.15) is 0 Å². The number of hydrogen-bond acceptors (Lipinski definition) is 3. The summed E-state index contributed by atoms with van der Waals surface area (Å²) in [5, 5.41) is 11.8. The van der Waals surface area contributed by atoms with Crippen molar-refractivity contribution in [1.29, 1.82) is 0 Å². The van der Waals surface area contributed by atoms with Crippen LogP contribution in [0.5, 0.6) is 0 Å². The van der Waals surface area contributed by atoms with Crippen LogP contribution in [0.1, 0.15) is 19.8 Å². The summed E-state index contributed by atoms with van der Waals surface area (Å²) in [4.78, 5) is 0. The van der Waals surface area contributed by atoms with E-state index in [1.54, 1.807) is 7.11 Å². The minimum absolute atomic E-state index is 0.278. The van der Waals surface area contributed by atoms with Crippen LogP contribution in [0.3, 0.4) is 0 Å². The first-order valence-corrected chi connectivity index (χ1v) is 4.61. The van der Waals surface area contributed by atoms with Gasteiger partial charge >= 0.3 is 0 Å². The summed E-state index contributed by atoms with van der Waals surface area (Å²) in [6, 6.07) is 0. The van der Waals surface area contributed by atoms with E-state index in [4.69, 9.17) is 9.84 Å². The molecule has 3 heteroatoms. The van der Waals surface area contributed by atoms with Crippen molar-refractivity contribution in [2.75, 3.05) is 33.4 Å². The Morgan fingerprint density at radius 2 is 2.17 bits per heavy atom. The maximum atomic E-state index is 8.50. The Balaban J connectivity index is 2.97. The van der Waals surface area contributed by atoms with E-state index in [2.05, 4.69) is 12.2 Å². The Bertz CT molecular complexity index is 88.6. The number of rotatable bonds is 8. The van der Waals surface area contributed by atoms with E-state index in [1.807, 2.05) is 0 Å². The van der Waals surface area contributed by atoms with E-state index in [9.17, 15) is 0 Å². The molecule has 0 aromatic rings. The molecule has 0 saturated heterocycles. The molecule has 3 nitrogen and oxygen atoms in total. The second-order valence-corrected chi connectivity index (χ2v) is 3.18. The molecule has 0 aromatic heterocycles. The average Bonchev–Trinajstić information content (AvgIpc) is 2.05. The predicted octanol–water partition coefficient (Wildman–Crippen LogP) is 0.631. The van der Waals surface area contributed by atoms with E-state index < -0.39 is 0 Å². The van der Waals surface area contributed by atoms with Crippen molar-refractivity contribution in [3.05, 3.63) is 0 Å². The largest absolute Gasteiger partial charge is 0.396 e. The van der Waals surface area contributed by atoms with E-state index in [-0.39, 0.29) is 6.61 Å². The monoisotopic (exact) mass is 175 g/mol. The molecule has 0 fully saturated rings. The molecule has 0 aromatic carbocycles. The van der Waals surface area contributed by atoms with Crippen molar-refractivity contribution < 1.29 is 9.84 Å². The molecule has 0 amide bonds. The highest BCUT2D eigenvalue weighted by atomic mass is 16.5. The molecule has 0 rings (SSSR count). The Morgan fingerprint density at radius 3 is 2.75 bits per heavy atom. The van der Waals surface area contributed by atoms with E-state index in [1.165, 1.54) is 0 Å². The maximum absolute atomic E-state index is 8.50. The van der Waals surface area contributed by atoms with Crippen LogP contribution in [-0.4, -0.2) is 38.5 Å². The summed E-state index contributed by atoms with van der Waals surface area (Å²) in [6.45, 7) is 5.22. The number of aliphatic hydroxyl groups excluding tert-OH is 1. The van der Waals surface area contributed by atoms with Crippen molar-refractivity contribution in [3.63, 3.8) is 0 Å². The average molecular weight is 175 g/mol. The summed E-state index contributed by atoms with van der Waals surface area (Å²) in [5.74, 6) is 0.622. The van der Waals surface area contributed by atoms with Gasteiger partial charge in [-0.25, -0.2) is 0 Å². The summed E-state index contributed by atoms with van der Waals surface area (Å²) in [6.07, 6.45) is 1.98. The lowest BCUT2D eigenvalue weighted by atomic mass is 10.1. The zero-order chi connectivity index (χ0) is 9.23. The third-order valence-electron chi connectivity index (χ3n) is 1.78. The summed E-state index contributed by atoms with van der Waals surface area (Å²) >= 11 is 0. The quantitative estimate of drug-likeness (QED) is 0.532. The van der Waals surface area contributed by atoms with Crippen LogP contribution < -0.4 is 5.32 Å². The van der Waals surface area contributed by atoms with Gasteiger partial charge in [-0.05, 0) is 31.8 Å². The molecule has 0 saturated carbocycles. The normalized spacial score (nSPS) is 13.2. The minimum atomic E-state index is 0.278. The van der Waals surface area contributed by atoms with Gasteiger partial charge in [0.1, 0.15) is 0 Å². The first kappa shape index (κ1) is 11.9. The molecular formula is C9H21NO2. The number of nitrogens with one attached hydrogen (secondary N) is 1. The molecule has 0 radical (unpaired) electrons. The molecule has 2 N–H and O–H groups in total. The third-order valence-corrected chi connectivity index (χ3v) is 1.78. The van der Waals surface area contributed by atoms with Crippen molar-refractivity contribution in [1.82, 2.24) is 5.32 Å². The standard InChI is InChI=1S/C9H21NO2/c1-9(8-12-2)4-6-10-5-3-7-11/h9-11H,3-8H2,1-2H3. The summed E-state index contributed by atoms with van der Waals surface area (Å²) in [5.41, 5.74) is 0. The molecule has 1 unspecified atom stereocenters. The van der Waals surface area contributed by atoms with Crippen LogP contribution in [0.2, 0.25) is 0 Å². The van der Waals surface area contributed by atoms with Gasteiger partial charge in [0.2, 0.25) is 0 Å². The Labute approximate surface area is 75.1 Å². The second kappa shape index (κ2) is 8.97. The molecule has 0 bridgehead atoms. The van der Waals surface area contributed by atoms with Crippen LogP contribution in [0.4, 0.5) is 0 Å². The van der Waals surface area contributed by atoms with Crippen molar-refractivity contribution in [2.24, 2.45) is 5.92 Å². The van der Waals surface area contributed by atoms with Gasteiger partial charge in [0.25, 0.3) is 0 Å². The fourth-order valence-corrected chi connectivity index (χ4v) is 1.05. The number of aliphatic hydroxyl groups is 1. The molecule has 0 aliphatic carbocycles. The van der Waals surface area contributed by atoms with E-state index >= 15 is 0 Å². The second-order valence-electron chi connectivity index (χ2n) is 3.18. The van der Waals surface area contributed by atoms with Crippen molar-refractivity contribution in [3.8, 4) is 0 Å². The summed E-state index contributed by atoms with van der Waals surface area (Å²) < 4.78 is 5.01. The van der Waals surface area contributed by atoms with Gasteiger partial charge in [0, 0.05) is 20.3 Å². The molecular weight excluding hydrogens is 154 g/mol. The van der Waals surface area contributed by atoms with Gasteiger partial charge in [0.15, 0.2) is 0 Å². The number of methoxy groups -OCH3 is 1. The van der Waals surface area contributed by atoms with E-state index in [0.29, 0.717) is 5.92 Å². The van der Waals surface area contributed by atoms with Crippen LogP contribution >= 0.6 is 0 Å². The molecule has 0 heterocycles. The lowest BCUT2D eigenvalue weighted by Gasteiger charge is -2.10. The lowest BCUT2D eigenvalue weighted by Crippen LogP contribution is -2.20. The van der Waals surface area contributed by atoms with Gasteiger partial charge in [-0.15, -0.1) is 0 Å². The van der Waals surface area contributed by atoms with Crippen molar-refractivity contribution in [2.45, 2.75) is 19.8 Å². The highest BCUT2D eigenvalue weighted by Gasteiger charge is 1.99. The maximum Gasteiger partial charge on any atom is 0.0488 e. The Kier molecular flexibility index (Phi) is 8.88. The topological polar surface area (TPSA) is 41.5 Å². The fraction of sp³-hybridized carbons (Fsp3) is 1.00. The molecule has 1 atom stereocenters. The zero-order valence-electron chi connectivity index (χ0n) is 8.18. The first-order chi connectivity index (χ1) is 5.81. The first-order valence-electron chi connectivity index (χ1n) is 4.61. The summed E-state index contributed by atoms with van der Waals surface area (Å²) in [7, 11) is 1.73. The molecule has 0 aliphatic heterocycles. The van der Waals surface area contributed by atoms with Crippen LogP contribution in [0, 0.1) is 5.92 Å². The van der Waals surface area contributed by atoms with Gasteiger partial charge < -0.3 is 15.2 Å². The van der Waals surface area contributed by atoms with Crippen LogP contribution in [0.15, 0.2) is 0 Å². The predicted molar refractivity (Wildman–Crippen MR) is 50.2 cm³/mol. The Hall–Kier alpha value is -0.120. The van der Waals surface area contributed by atoms with Gasteiger partial charge in [-0.1, -0.05) is 6.92 Å².